The Morgan fingerprint density at radius 1 is 0.923 bits per heavy atom. The number of hydrogen-bond donors (Lipinski definition) is 0. The van der Waals surface area contributed by atoms with Gasteiger partial charge in [-0.2, -0.15) is 0 Å². The van der Waals surface area contributed by atoms with Crippen molar-refractivity contribution in [2.24, 2.45) is 11.8 Å². The van der Waals surface area contributed by atoms with Crippen molar-refractivity contribution in [3.63, 3.8) is 0 Å². The van der Waals surface area contributed by atoms with Gasteiger partial charge in [-0.25, -0.2) is 0 Å². The van der Waals surface area contributed by atoms with Crippen molar-refractivity contribution < 1.29 is 17.9 Å². The van der Waals surface area contributed by atoms with Gasteiger partial charge in [0.1, 0.15) is 5.75 Å². The maximum absolute atomic E-state index is 12.3. The van der Waals surface area contributed by atoms with Gasteiger partial charge in [-0.1, -0.05) is 56.5 Å². The highest BCUT2D eigenvalue weighted by molar-refractivity contribution is 6.58. The molecule has 26 heavy (non-hydrogen) atoms. The van der Waals surface area contributed by atoms with Gasteiger partial charge in [0.25, 0.3) is 0 Å². The lowest BCUT2D eigenvalue weighted by atomic mass is 9.72. The first-order valence-electron chi connectivity index (χ1n) is 10.3. The van der Waals surface area contributed by atoms with Gasteiger partial charge in [0, 0.05) is 8.80 Å². The molecule has 3 rings (SSSR count). The van der Waals surface area contributed by atoms with Crippen LogP contribution >= 0.6 is 0 Å². The summed E-state index contributed by atoms with van der Waals surface area (Å²) in [7, 11) is -0.393. The lowest BCUT2D eigenvalue weighted by Crippen LogP contribution is -2.28. The maximum atomic E-state index is 12.3. The van der Waals surface area contributed by atoms with E-state index in [1.54, 1.807) is 12.1 Å². The van der Waals surface area contributed by atoms with Crippen LogP contribution in [0.3, 0.4) is 0 Å². The molecule has 1 saturated heterocycles. The van der Waals surface area contributed by atoms with Crippen LogP contribution in [0.25, 0.3) is 0 Å². The minimum atomic E-state index is -4.61. The van der Waals surface area contributed by atoms with E-state index in [2.05, 4.69) is 11.7 Å². The summed E-state index contributed by atoms with van der Waals surface area (Å²) in [5.41, 5.74) is 1.16. The lowest BCUT2D eigenvalue weighted by Gasteiger charge is -2.37. The standard InChI is InChI=1S/C21H31F3OSi/c1-2-13-26-14-11-19(12-15-26)17-5-3-16(4-6-17)18-7-9-20(10-8-18)25-21(22,23)24/h7-10,16-17,19,26H,2-6,11-15H2,1H3. The molecule has 0 amide bonds. The predicted molar refractivity (Wildman–Crippen MR) is 102 cm³/mol. The smallest absolute Gasteiger partial charge is 0.406 e. The zero-order valence-corrected chi connectivity index (χ0v) is 16.9. The molecule has 0 bridgehead atoms. The van der Waals surface area contributed by atoms with Crippen LogP contribution in [0.2, 0.25) is 18.1 Å². The van der Waals surface area contributed by atoms with Gasteiger partial charge in [0.2, 0.25) is 0 Å². The van der Waals surface area contributed by atoms with E-state index in [9.17, 15) is 13.2 Å². The van der Waals surface area contributed by atoms with Crippen LogP contribution in [-0.4, -0.2) is 15.2 Å². The molecule has 0 N–H and O–H groups in total. The molecule has 1 aromatic rings. The van der Waals surface area contributed by atoms with Crippen molar-refractivity contribution in [2.75, 3.05) is 0 Å². The van der Waals surface area contributed by atoms with Gasteiger partial charge in [0.05, 0.1) is 0 Å². The highest BCUT2D eigenvalue weighted by Crippen LogP contribution is 2.43. The predicted octanol–water partition coefficient (Wildman–Crippen LogP) is 6.91. The Morgan fingerprint density at radius 2 is 1.50 bits per heavy atom. The molecule has 0 unspecified atom stereocenters. The van der Waals surface area contributed by atoms with Crippen molar-refractivity contribution >= 4 is 8.80 Å². The van der Waals surface area contributed by atoms with Crippen LogP contribution < -0.4 is 4.74 Å². The van der Waals surface area contributed by atoms with Crippen molar-refractivity contribution in [2.45, 2.75) is 82.3 Å². The number of hydrogen-bond acceptors (Lipinski definition) is 1. The maximum Gasteiger partial charge on any atom is 0.573 e. The molecule has 1 aromatic carbocycles. The van der Waals surface area contributed by atoms with Crippen molar-refractivity contribution in [1.29, 1.82) is 0 Å². The van der Waals surface area contributed by atoms with Gasteiger partial charge in [0.15, 0.2) is 0 Å². The summed E-state index contributed by atoms with van der Waals surface area (Å²) in [6.45, 7) is 2.32. The molecule has 0 atom stereocenters. The molecule has 1 heterocycles. The first kappa shape index (κ1) is 19.8. The van der Waals surface area contributed by atoms with Crippen molar-refractivity contribution in [3.8, 4) is 5.75 Å². The largest absolute Gasteiger partial charge is 0.573 e. The molecule has 2 aliphatic rings. The second-order valence-electron chi connectivity index (χ2n) is 8.30. The van der Waals surface area contributed by atoms with E-state index in [0.29, 0.717) is 5.92 Å². The molecule has 0 spiro atoms. The average molecular weight is 385 g/mol. The molecule has 2 fully saturated rings. The molecule has 1 aliphatic heterocycles. The summed E-state index contributed by atoms with van der Waals surface area (Å²) in [6.07, 6.45) is 4.63. The number of alkyl halides is 3. The van der Waals surface area contributed by atoms with Crippen LogP contribution in [-0.2, 0) is 0 Å². The summed E-state index contributed by atoms with van der Waals surface area (Å²) in [6, 6.07) is 11.2. The molecular weight excluding hydrogens is 353 g/mol. The summed E-state index contributed by atoms with van der Waals surface area (Å²) in [4.78, 5) is 0. The number of ether oxygens (including phenoxy) is 1. The van der Waals surface area contributed by atoms with Crippen molar-refractivity contribution in [3.05, 3.63) is 29.8 Å². The highest BCUT2D eigenvalue weighted by atomic mass is 28.3. The van der Waals surface area contributed by atoms with Crippen LogP contribution in [0.5, 0.6) is 5.75 Å². The van der Waals surface area contributed by atoms with Gasteiger partial charge in [-0.3, -0.25) is 0 Å². The van der Waals surface area contributed by atoms with Crippen LogP contribution in [0, 0.1) is 11.8 Å². The van der Waals surface area contributed by atoms with Crippen LogP contribution in [0.4, 0.5) is 13.2 Å². The Hall–Kier alpha value is -0.973. The second kappa shape index (κ2) is 8.81. The van der Waals surface area contributed by atoms with Crippen LogP contribution in [0.15, 0.2) is 24.3 Å². The molecule has 1 aliphatic carbocycles. The molecular formula is C21H31F3OSi. The van der Waals surface area contributed by atoms with E-state index < -0.39 is 15.2 Å². The quantitative estimate of drug-likeness (QED) is 0.501. The Kier molecular flexibility index (Phi) is 6.70. The van der Waals surface area contributed by atoms with E-state index in [1.807, 2.05) is 12.1 Å². The second-order valence-corrected chi connectivity index (χ2v) is 11.8. The summed E-state index contributed by atoms with van der Waals surface area (Å²) in [5, 5.41) is 0. The van der Waals surface area contributed by atoms with Crippen molar-refractivity contribution in [1.82, 2.24) is 0 Å². The first-order valence-corrected chi connectivity index (χ1v) is 12.7. The molecule has 5 heteroatoms. The fourth-order valence-corrected chi connectivity index (χ4v) is 8.70. The Morgan fingerprint density at radius 3 is 2.04 bits per heavy atom. The summed E-state index contributed by atoms with van der Waals surface area (Å²) < 4.78 is 40.8. The third-order valence-electron chi connectivity index (χ3n) is 6.61. The zero-order chi connectivity index (χ0) is 18.6. The SMILES string of the molecule is CCC[SiH]1CCC(C2CCC(c3ccc(OC(F)(F)F)cc3)CC2)CC1. The normalized spacial score (nSPS) is 30.2. The molecule has 146 valence electrons. The van der Waals surface area contributed by atoms with Gasteiger partial charge in [-0.15, -0.1) is 13.2 Å². The third-order valence-corrected chi connectivity index (χ3v) is 10.3. The van der Waals surface area contributed by atoms with Gasteiger partial charge < -0.3 is 4.74 Å². The summed E-state index contributed by atoms with van der Waals surface area (Å²) >= 11 is 0. The molecule has 1 saturated carbocycles. The van der Waals surface area contributed by atoms with E-state index in [4.69, 9.17) is 0 Å². The Balaban J connectivity index is 1.46. The van der Waals surface area contributed by atoms with Gasteiger partial charge in [-0.05, 0) is 61.1 Å². The average Bonchev–Trinajstić information content (AvgIpc) is 2.62. The highest BCUT2D eigenvalue weighted by Gasteiger charge is 2.32. The zero-order valence-electron chi connectivity index (χ0n) is 15.7. The Labute approximate surface area is 156 Å². The lowest BCUT2D eigenvalue weighted by molar-refractivity contribution is -0.274. The minimum absolute atomic E-state index is 0.122. The number of benzene rings is 1. The topological polar surface area (TPSA) is 9.23 Å². The molecule has 0 radical (unpaired) electrons. The van der Waals surface area contributed by atoms with E-state index in [-0.39, 0.29) is 5.75 Å². The molecule has 0 aromatic heterocycles. The molecule has 1 nitrogen and oxygen atoms in total. The van der Waals surface area contributed by atoms with Crippen LogP contribution in [0.1, 0.15) is 63.4 Å². The third kappa shape index (κ3) is 5.51. The first-order chi connectivity index (χ1) is 12.4. The fourth-order valence-electron chi connectivity index (χ4n) is 5.22. The summed E-state index contributed by atoms with van der Waals surface area (Å²) in [5.74, 6) is 2.20. The minimum Gasteiger partial charge on any atom is -0.406 e. The van der Waals surface area contributed by atoms with E-state index in [0.717, 1.165) is 17.4 Å². The number of halogens is 3. The fraction of sp³-hybridized carbons (Fsp3) is 0.714. The van der Waals surface area contributed by atoms with E-state index >= 15 is 0 Å². The number of rotatable bonds is 5. The monoisotopic (exact) mass is 384 g/mol. The van der Waals surface area contributed by atoms with E-state index in [1.165, 1.54) is 63.1 Å². The Bertz CT molecular complexity index is 541. The van der Waals surface area contributed by atoms with Gasteiger partial charge >= 0.3 is 6.36 Å².